The Morgan fingerprint density at radius 1 is 0.932 bits per heavy atom. The van der Waals surface area contributed by atoms with E-state index >= 15 is 4.79 Å². The summed E-state index contributed by atoms with van der Waals surface area (Å²) in [6.07, 6.45) is 1.09. The Kier molecular flexibility index (Phi) is 11.1. The van der Waals surface area contributed by atoms with E-state index in [4.69, 9.17) is 21.1 Å². The van der Waals surface area contributed by atoms with Crippen LogP contribution in [0, 0.1) is 5.92 Å². The van der Waals surface area contributed by atoms with Crippen molar-refractivity contribution < 1.29 is 24.2 Å². The standard InChI is InChI=1S/C47H47ClN4O6Si/c1-31-44(59(3,4)38-21-19-37(57-2)20-22-38)42(27-43(54)50(24-25-53)29-32-10-6-5-7-11-32)58-47(31)40-26-35(48)16-23-41(40)51(46(47)56)30-33-14-17-36(18-15-33)52-45(55)39-13-9-8-12-34(39)28-49-52/h5-23,26,28,31,42,44,53H,24-25,27,29-30H2,1-4H3/t31-,42+,44-,47+/m0/s1. The number of carbonyl (C=O) groups is 2. The number of amides is 2. The van der Waals surface area contributed by atoms with Crippen molar-refractivity contribution in [2.45, 2.75) is 56.8 Å². The van der Waals surface area contributed by atoms with Gasteiger partial charge in [0.1, 0.15) is 5.75 Å². The summed E-state index contributed by atoms with van der Waals surface area (Å²) < 4.78 is 14.1. The van der Waals surface area contributed by atoms with Crippen LogP contribution in [0.15, 0.2) is 132 Å². The van der Waals surface area contributed by atoms with Crippen LogP contribution in [0.3, 0.4) is 0 Å². The number of halogens is 1. The van der Waals surface area contributed by atoms with Crippen LogP contribution in [0.2, 0.25) is 23.7 Å². The maximum atomic E-state index is 15.3. The number of nitrogens with zero attached hydrogens (tertiary/aromatic N) is 4. The lowest BCUT2D eigenvalue weighted by Crippen LogP contribution is -2.52. The Bertz CT molecular complexity index is 2570. The molecule has 1 spiro atoms. The molecule has 1 aromatic heterocycles. The Morgan fingerprint density at radius 3 is 2.36 bits per heavy atom. The van der Waals surface area contributed by atoms with Gasteiger partial charge in [-0.1, -0.05) is 110 Å². The van der Waals surface area contributed by atoms with Crippen LogP contribution in [0.25, 0.3) is 16.5 Å². The number of carbonyl (C=O) groups excluding carboxylic acids is 2. The lowest BCUT2D eigenvalue weighted by atomic mass is 9.82. The average molecular weight is 827 g/mol. The molecule has 302 valence electrons. The Hall–Kier alpha value is -5.59. The van der Waals surface area contributed by atoms with Crippen molar-refractivity contribution in [2.24, 2.45) is 5.92 Å². The largest absolute Gasteiger partial charge is 0.497 e. The fraction of sp³-hybridized carbons (Fsp3) is 0.277. The molecule has 0 radical (unpaired) electrons. The summed E-state index contributed by atoms with van der Waals surface area (Å²) in [5.41, 5.74) is 1.97. The first-order chi connectivity index (χ1) is 28.5. The van der Waals surface area contributed by atoms with Gasteiger partial charge >= 0.3 is 0 Å². The minimum Gasteiger partial charge on any atom is -0.497 e. The number of aromatic nitrogens is 2. The van der Waals surface area contributed by atoms with Gasteiger partial charge in [-0.05, 0) is 65.2 Å². The van der Waals surface area contributed by atoms with E-state index in [-0.39, 0.29) is 54.9 Å². The second-order valence-corrected chi connectivity index (χ2v) is 21.2. The number of hydrogen-bond acceptors (Lipinski definition) is 7. The Morgan fingerprint density at radius 2 is 1.64 bits per heavy atom. The first kappa shape index (κ1) is 40.2. The highest BCUT2D eigenvalue weighted by molar-refractivity contribution is 6.91. The van der Waals surface area contributed by atoms with Gasteiger partial charge in [0.05, 0.1) is 63.8 Å². The predicted molar refractivity (Wildman–Crippen MR) is 233 cm³/mol. The Labute approximate surface area is 349 Å². The molecule has 5 aromatic carbocycles. The number of methoxy groups -OCH3 is 1. The minimum atomic E-state index is -2.56. The smallest absolute Gasteiger partial charge is 0.279 e. The summed E-state index contributed by atoms with van der Waals surface area (Å²) in [6, 6.07) is 38.1. The van der Waals surface area contributed by atoms with Gasteiger partial charge in [0.25, 0.3) is 11.5 Å². The van der Waals surface area contributed by atoms with Gasteiger partial charge in [-0.15, -0.1) is 0 Å². The van der Waals surface area contributed by atoms with Crippen LogP contribution in [-0.4, -0.2) is 66.0 Å². The van der Waals surface area contributed by atoms with E-state index in [2.05, 4.69) is 37.2 Å². The normalized spacial score (nSPS) is 20.0. The molecule has 2 aliphatic rings. The fourth-order valence-corrected chi connectivity index (χ4v) is 13.5. The number of ether oxygens (including phenoxy) is 2. The minimum absolute atomic E-state index is 0.0307. The number of aliphatic hydroxyl groups excluding tert-OH is 1. The van der Waals surface area contributed by atoms with Gasteiger partial charge in [0, 0.05) is 35.0 Å². The molecule has 8 rings (SSSR count). The lowest BCUT2D eigenvalue weighted by Gasteiger charge is -2.37. The molecule has 0 unspecified atom stereocenters. The second-order valence-electron chi connectivity index (χ2n) is 16.1. The summed E-state index contributed by atoms with van der Waals surface area (Å²) in [4.78, 5) is 46.5. The third kappa shape index (κ3) is 7.26. The number of fused-ring (bicyclic) bond motifs is 3. The number of aliphatic hydroxyl groups is 1. The highest BCUT2D eigenvalue weighted by Crippen LogP contribution is 2.60. The van der Waals surface area contributed by atoms with Crippen LogP contribution in [0.4, 0.5) is 5.69 Å². The van der Waals surface area contributed by atoms with Crippen molar-refractivity contribution in [3.63, 3.8) is 0 Å². The third-order valence-corrected chi connectivity index (χ3v) is 16.9. The highest BCUT2D eigenvalue weighted by Gasteiger charge is 2.66. The Balaban J connectivity index is 1.15. The predicted octanol–water partition coefficient (Wildman–Crippen LogP) is 7.22. The van der Waals surface area contributed by atoms with Crippen LogP contribution in [0.5, 0.6) is 5.75 Å². The van der Waals surface area contributed by atoms with E-state index in [1.807, 2.05) is 97.1 Å². The van der Waals surface area contributed by atoms with E-state index < -0.39 is 19.8 Å². The molecule has 2 amide bonds. The van der Waals surface area contributed by atoms with Gasteiger partial charge in [-0.2, -0.15) is 9.78 Å². The van der Waals surface area contributed by atoms with E-state index in [0.29, 0.717) is 33.9 Å². The number of anilines is 1. The van der Waals surface area contributed by atoms with Gasteiger partial charge in [0.2, 0.25) is 5.91 Å². The second kappa shape index (κ2) is 16.2. The first-order valence-electron chi connectivity index (χ1n) is 19.9. The zero-order chi connectivity index (χ0) is 41.5. The lowest BCUT2D eigenvalue weighted by molar-refractivity contribution is -0.150. The quantitative estimate of drug-likeness (QED) is 0.130. The van der Waals surface area contributed by atoms with E-state index in [9.17, 15) is 14.7 Å². The molecule has 10 nitrogen and oxygen atoms in total. The summed E-state index contributed by atoms with van der Waals surface area (Å²) >= 11 is 6.73. The van der Waals surface area contributed by atoms with Crippen molar-refractivity contribution in [3.05, 3.63) is 160 Å². The van der Waals surface area contributed by atoms with E-state index in [1.54, 1.807) is 35.2 Å². The van der Waals surface area contributed by atoms with Gasteiger partial charge in [-0.25, -0.2) is 0 Å². The van der Waals surface area contributed by atoms with Crippen LogP contribution in [-0.2, 0) is 33.0 Å². The van der Waals surface area contributed by atoms with Crippen molar-refractivity contribution >= 4 is 53.1 Å². The van der Waals surface area contributed by atoms with E-state index in [1.165, 1.54) is 4.68 Å². The molecule has 1 fully saturated rings. The molecule has 0 bridgehead atoms. The average Bonchev–Trinajstić information content (AvgIpc) is 3.67. The SMILES string of the molecule is COc1ccc([Si](C)(C)[C@@H]2[C@@H](CC(=O)N(CCO)Cc3ccccc3)O[C@]3(C(=O)N(Cc4ccc(-n5ncc6ccccc6c5=O)cc4)c4ccc(Cl)cc43)[C@H]2C)cc1. The summed E-state index contributed by atoms with van der Waals surface area (Å²) in [5, 5.41) is 17.4. The van der Waals surface area contributed by atoms with Crippen molar-refractivity contribution in [2.75, 3.05) is 25.2 Å². The zero-order valence-electron chi connectivity index (χ0n) is 33.5. The van der Waals surface area contributed by atoms with E-state index in [0.717, 1.165) is 27.4 Å². The highest BCUT2D eigenvalue weighted by atomic mass is 35.5. The molecular formula is C47H47ClN4O6Si. The molecule has 2 aliphatic heterocycles. The number of hydrogen-bond donors (Lipinski definition) is 1. The molecule has 0 aliphatic carbocycles. The molecule has 1 saturated heterocycles. The van der Waals surface area contributed by atoms with Crippen LogP contribution in [0.1, 0.15) is 30.0 Å². The maximum Gasteiger partial charge on any atom is 0.279 e. The molecule has 3 heterocycles. The topological polar surface area (TPSA) is 114 Å². The van der Waals surface area contributed by atoms with Gasteiger partial charge in [-0.3, -0.25) is 14.4 Å². The molecular weight excluding hydrogens is 780 g/mol. The molecule has 0 saturated carbocycles. The molecule has 12 heteroatoms. The number of benzene rings is 5. The van der Waals surface area contributed by atoms with Crippen LogP contribution < -0.4 is 20.4 Å². The van der Waals surface area contributed by atoms with Gasteiger partial charge < -0.3 is 24.4 Å². The fourth-order valence-electron chi connectivity index (χ4n) is 9.36. The summed E-state index contributed by atoms with van der Waals surface area (Å²) in [7, 11) is -0.915. The monoisotopic (exact) mass is 826 g/mol. The van der Waals surface area contributed by atoms with Crippen LogP contribution >= 0.6 is 11.6 Å². The maximum absolute atomic E-state index is 15.3. The van der Waals surface area contributed by atoms with Crippen molar-refractivity contribution in [1.29, 1.82) is 0 Å². The third-order valence-electron chi connectivity index (χ3n) is 12.3. The molecule has 59 heavy (non-hydrogen) atoms. The van der Waals surface area contributed by atoms with Crippen molar-refractivity contribution in [1.82, 2.24) is 14.7 Å². The molecule has 6 aromatic rings. The molecule has 4 atom stereocenters. The van der Waals surface area contributed by atoms with Gasteiger partial charge in [0.15, 0.2) is 5.60 Å². The first-order valence-corrected chi connectivity index (χ1v) is 23.3. The summed E-state index contributed by atoms with van der Waals surface area (Å²) in [6.45, 7) is 7.19. The summed E-state index contributed by atoms with van der Waals surface area (Å²) in [5.74, 6) is 0.0226. The molecule has 1 N–H and O–H groups in total. The number of rotatable bonds is 12. The zero-order valence-corrected chi connectivity index (χ0v) is 35.3. The van der Waals surface area contributed by atoms with Crippen molar-refractivity contribution in [3.8, 4) is 11.4 Å².